The Balaban J connectivity index is 1.62. The predicted octanol–water partition coefficient (Wildman–Crippen LogP) is 3.26. The number of rotatable bonds is 3. The van der Waals surface area contributed by atoms with Crippen molar-refractivity contribution in [3.05, 3.63) is 51.4 Å². The van der Waals surface area contributed by atoms with Crippen LogP contribution in [0.4, 0.5) is 10.8 Å². The second kappa shape index (κ2) is 7.35. The maximum Gasteiger partial charge on any atom is 0.288 e. The fourth-order valence-electron chi connectivity index (χ4n) is 3.44. The third kappa shape index (κ3) is 3.52. The highest BCUT2D eigenvalue weighted by molar-refractivity contribution is 7.20. The Bertz CT molecular complexity index is 1100. The van der Waals surface area contributed by atoms with Gasteiger partial charge in [0.1, 0.15) is 5.56 Å². The Morgan fingerprint density at radius 1 is 1.29 bits per heavy atom. The number of carbonyl (C=O) groups excluding carboxylic acids is 1. The minimum Gasteiger partial charge on any atom is -0.346 e. The topological polar surface area (TPSA) is 79.6 Å². The van der Waals surface area contributed by atoms with E-state index in [0.717, 1.165) is 35.8 Å². The normalized spacial score (nSPS) is 17.1. The van der Waals surface area contributed by atoms with Gasteiger partial charge in [0.2, 0.25) is 10.1 Å². The number of nitrogens with one attached hydrogen (secondary N) is 1. The highest BCUT2D eigenvalue weighted by atomic mass is 32.1. The van der Waals surface area contributed by atoms with E-state index in [1.165, 1.54) is 28.5 Å². The van der Waals surface area contributed by atoms with Gasteiger partial charge in [-0.3, -0.25) is 9.59 Å². The van der Waals surface area contributed by atoms with Crippen LogP contribution in [0.2, 0.25) is 0 Å². The maximum absolute atomic E-state index is 12.8. The first-order valence-electron chi connectivity index (χ1n) is 9.45. The standard InChI is InChI=1S/C20H23N5O2S/c1-12-5-4-8-24(11-12)20-23-25-18(27)16(10-21-19(25)28-20)17(26)22-15-7-6-13(2)14(3)9-15/h6-7,9-10,12H,4-5,8,11H2,1-3H3,(H,22,26). The summed E-state index contributed by atoms with van der Waals surface area (Å²) in [5.41, 5.74) is 2.41. The van der Waals surface area contributed by atoms with E-state index in [9.17, 15) is 9.59 Å². The molecule has 146 valence electrons. The molecule has 1 amide bonds. The molecule has 0 saturated carbocycles. The van der Waals surface area contributed by atoms with Crippen LogP contribution in [0.25, 0.3) is 4.96 Å². The molecule has 1 saturated heterocycles. The summed E-state index contributed by atoms with van der Waals surface area (Å²) in [7, 11) is 0. The Labute approximate surface area is 167 Å². The van der Waals surface area contributed by atoms with Gasteiger partial charge in [-0.05, 0) is 55.9 Å². The van der Waals surface area contributed by atoms with Crippen LogP contribution in [0.15, 0.2) is 29.2 Å². The largest absolute Gasteiger partial charge is 0.346 e. The summed E-state index contributed by atoms with van der Waals surface area (Å²) in [5.74, 6) is 0.126. The van der Waals surface area contributed by atoms with E-state index in [0.29, 0.717) is 16.6 Å². The van der Waals surface area contributed by atoms with Gasteiger partial charge in [0.05, 0.1) is 0 Å². The van der Waals surface area contributed by atoms with Crippen LogP contribution < -0.4 is 15.8 Å². The molecule has 3 aromatic rings. The van der Waals surface area contributed by atoms with Crippen LogP contribution in [0.3, 0.4) is 0 Å². The predicted molar refractivity (Wildman–Crippen MR) is 112 cm³/mol. The highest BCUT2D eigenvalue weighted by Gasteiger charge is 2.22. The van der Waals surface area contributed by atoms with E-state index < -0.39 is 11.5 Å². The molecule has 1 unspecified atom stereocenters. The molecular weight excluding hydrogens is 374 g/mol. The number of hydrogen-bond donors (Lipinski definition) is 1. The molecule has 8 heteroatoms. The lowest BCUT2D eigenvalue weighted by molar-refractivity contribution is 0.102. The van der Waals surface area contributed by atoms with E-state index in [4.69, 9.17) is 0 Å². The van der Waals surface area contributed by atoms with Gasteiger partial charge in [-0.15, -0.1) is 5.10 Å². The van der Waals surface area contributed by atoms with Crippen LogP contribution >= 0.6 is 11.3 Å². The van der Waals surface area contributed by atoms with Crippen molar-refractivity contribution >= 4 is 33.0 Å². The smallest absolute Gasteiger partial charge is 0.288 e. The molecule has 1 fully saturated rings. The van der Waals surface area contributed by atoms with Crippen molar-refractivity contribution in [1.82, 2.24) is 14.6 Å². The number of carbonyl (C=O) groups is 1. The Morgan fingerprint density at radius 3 is 2.86 bits per heavy atom. The van der Waals surface area contributed by atoms with E-state index in [2.05, 4.69) is 27.2 Å². The molecule has 1 aliphatic heterocycles. The third-order valence-electron chi connectivity index (χ3n) is 5.21. The van der Waals surface area contributed by atoms with Crippen molar-refractivity contribution in [2.45, 2.75) is 33.6 Å². The SMILES string of the molecule is Cc1ccc(NC(=O)c2cnc3sc(N4CCCC(C)C4)nn3c2=O)cc1C. The summed E-state index contributed by atoms with van der Waals surface area (Å²) >= 11 is 1.38. The Kier molecular flexibility index (Phi) is 4.89. The fraction of sp³-hybridized carbons (Fsp3) is 0.400. The number of fused-ring (bicyclic) bond motifs is 1. The number of anilines is 2. The molecule has 1 atom stereocenters. The van der Waals surface area contributed by atoms with Crippen molar-refractivity contribution in [2.24, 2.45) is 5.92 Å². The van der Waals surface area contributed by atoms with Gasteiger partial charge in [0.25, 0.3) is 11.5 Å². The van der Waals surface area contributed by atoms with E-state index in [1.807, 2.05) is 32.0 Å². The molecule has 1 aromatic carbocycles. The maximum atomic E-state index is 12.8. The summed E-state index contributed by atoms with van der Waals surface area (Å²) in [6.07, 6.45) is 3.67. The molecule has 1 aliphatic rings. The number of benzene rings is 1. The number of amides is 1. The lowest BCUT2D eigenvalue weighted by Gasteiger charge is -2.30. The van der Waals surface area contributed by atoms with Crippen LogP contribution in [0.1, 0.15) is 41.3 Å². The molecule has 0 spiro atoms. The first-order chi connectivity index (χ1) is 13.4. The van der Waals surface area contributed by atoms with Gasteiger partial charge in [-0.1, -0.05) is 24.3 Å². The quantitative estimate of drug-likeness (QED) is 0.734. The number of nitrogens with zero attached hydrogens (tertiary/aromatic N) is 4. The molecule has 1 N–H and O–H groups in total. The van der Waals surface area contributed by atoms with Crippen LogP contribution in [-0.4, -0.2) is 33.6 Å². The molecule has 28 heavy (non-hydrogen) atoms. The van der Waals surface area contributed by atoms with Gasteiger partial charge in [-0.2, -0.15) is 4.52 Å². The van der Waals surface area contributed by atoms with Crippen LogP contribution in [0, 0.1) is 19.8 Å². The number of piperidine rings is 1. The average Bonchev–Trinajstić information content (AvgIpc) is 3.10. The van der Waals surface area contributed by atoms with Crippen molar-refractivity contribution in [3.8, 4) is 0 Å². The molecule has 2 aromatic heterocycles. The number of aryl methyl sites for hydroxylation is 2. The molecular formula is C20H23N5O2S. The first-order valence-corrected chi connectivity index (χ1v) is 10.3. The molecule has 0 aliphatic carbocycles. The van der Waals surface area contributed by atoms with Crippen LogP contribution in [0.5, 0.6) is 0 Å². The van der Waals surface area contributed by atoms with Crippen molar-refractivity contribution < 1.29 is 4.79 Å². The lowest BCUT2D eigenvalue weighted by Crippen LogP contribution is -2.34. The summed E-state index contributed by atoms with van der Waals surface area (Å²) in [4.78, 5) is 32.5. The monoisotopic (exact) mass is 397 g/mol. The minimum absolute atomic E-state index is 0.0143. The minimum atomic E-state index is -0.476. The zero-order valence-corrected chi connectivity index (χ0v) is 17.0. The van der Waals surface area contributed by atoms with E-state index in [-0.39, 0.29) is 5.56 Å². The van der Waals surface area contributed by atoms with Gasteiger partial charge in [-0.25, -0.2) is 4.98 Å². The van der Waals surface area contributed by atoms with Gasteiger partial charge in [0, 0.05) is 25.0 Å². The van der Waals surface area contributed by atoms with Gasteiger partial charge < -0.3 is 10.2 Å². The molecule has 7 nitrogen and oxygen atoms in total. The van der Waals surface area contributed by atoms with Crippen molar-refractivity contribution in [1.29, 1.82) is 0 Å². The first kappa shape index (κ1) is 18.6. The molecule has 3 heterocycles. The Morgan fingerprint density at radius 2 is 2.11 bits per heavy atom. The molecule has 0 radical (unpaired) electrons. The highest BCUT2D eigenvalue weighted by Crippen LogP contribution is 2.26. The summed E-state index contributed by atoms with van der Waals surface area (Å²) in [6, 6.07) is 5.64. The summed E-state index contributed by atoms with van der Waals surface area (Å²) in [6.45, 7) is 8.06. The van der Waals surface area contributed by atoms with E-state index in [1.54, 1.807) is 0 Å². The van der Waals surface area contributed by atoms with Gasteiger partial charge >= 0.3 is 0 Å². The van der Waals surface area contributed by atoms with Crippen molar-refractivity contribution in [3.63, 3.8) is 0 Å². The van der Waals surface area contributed by atoms with Crippen molar-refractivity contribution in [2.75, 3.05) is 23.3 Å². The average molecular weight is 398 g/mol. The zero-order valence-electron chi connectivity index (χ0n) is 16.2. The van der Waals surface area contributed by atoms with Gasteiger partial charge in [0.15, 0.2) is 0 Å². The Hall–Kier alpha value is -2.74. The fourth-order valence-corrected chi connectivity index (χ4v) is 4.34. The molecule has 0 bridgehead atoms. The van der Waals surface area contributed by atoms with E-state index >= 15 is 0 Å². The zero-order chi connectivity index (χ0) is 19.8. The second-order valence-corrected chi connectivity index (χ2v) is 8.44. The third-order valence-corrected chi connectivity index (χ3v) is 6.20. The summed E-state index contributed by atoms with van der Waals surface area (Å²) < 4.78 is 1.24. The van der Waals surface area contributed by atoms with Crippen LogP contribution in [-0.2, 0) is 0 Å². The number of hydrogen-bond acceptors (Lipinski definition) is 6. The number of aromatic nitrogens is 3. The summed E-state index contributed by atoms with van der Waals surface area (Å²) in [5, 5.41) is 8.01. The lowest BCUT2D eigenvalue weighted by atomic mass is 10.0. The second-order valence-electron chi connectivity index (χ2n) is 7.50. The molecule has 4 rings (SSSR count).